The minimum Gasteiger partial charge on any atom is -0.303 e. The van der Waals surface area contributed by atoms with E-state index >= 15 is 0 Å². The summed E-state index contributed by atoms with van der Waals surface area (Å²) in [6.45, 7) is 0. The fourth-order valence-electron chi connectivity index (χ4n) is 3.26. The maximum atomic E-state index is 11.2. The molecular weight excluding hydrogens is 244 g/mol. The Morgan fingerprint density at radius 2 is 1.45 bits per heavy atom. The molecular formula is C19H20O. The smallest absolute Gasteiger partial charge is 0.120 e. The summed E-state index contributed by atoms with van der Waals surface area (Å²) in [7, 11) is 0. The van der Waals surface area contributed by atoms with Crippen LogP contribution < -0.4 is 0 Å². The molecule has 1 aliphatic rings. The van der Waals surface area contributed by atoms with Gasteiger partial charge in [-0.15, -0.1) is 0 Å². The quantitative estimate of drug-likeness (QED) is 0.699. The molecule has 2 aromatic carbocycles. The van der Waals surface area contributed by atoms with Crippen molar-refractivity contribution >= 4 is 6.29 Å². The first-order valence-corrected chi connectivity index (χ1v) is 7.43. The summed E-state index contributed by atoms with van der Waals surface area (Å²) in [6.07, 6.45) is 4.28. The normalized spacial score (nSPS) is 17.4. The Morgan fingerprint density at radius 3 is 1.95 bits per heavy atom. The van der Waals surface area contributed by atoms with Crippen LogP contribution in [-0.2, 0) is 4.79 Å². The van der Waals surface area contributed by atoms with Crippen LogP contribution >= 0.6 is 0 Å². The molecule has 1 fully saturated rings. The van der Waals surface area contributed by atoms with Gasteiger partial charge < -0.3 is 4.79 Å². The van der Waals surface area contributed by atoms with Gasteiger partial charge in [-0.1, -0.05) is 60.7 Å². The third-order valence-electron chi connectivity index (χ3n) is 4.33. The second-order valence-corrected chi connectivity index (χ2v) is 5.69. The standard InChI is InChI=1S/C19H20O/c20-14-13-18(15-7-3-1-4-8-15)19(17-11-12-17)16-9-5-2-6-10-16/h1-10,14,17-19H,11-13H2/t18-,19?/m0/s1. The van der Waals surface area contributed by atoms with E-state index in [1.165, 1.54) is 24.0 Å². The van der Waals surface area contributed by atoms with E-state index in [0.29, 0.717) is 18.3 Å². The van der Waals surface area contributed by atoms with Crippen molar-refractivity contribution < 1.29 is 4.79 Å². The second kappa shape index (κ2) is 6.04. The first-order valence-electron chi connectivity index (χ1n) is 7.43. The molecule has 0 aromatic heterocycles. The van der Waals surface area contributed by atoms with Gasteiger partial charge in [-0.25, -0.2) is 0 Å². The molecule has 1 nitrogen and oxygen atoms in total. The summed E-state index contributed by atoms with van der Waals surface area (Å²) >= 11 is 0. The molecule has 2 aromatic rings. The molecule has 0 bridgehead atoms. The van der Waals surface area contributed by atoms with Gasteiger partial charge in [-0.3, -0.25) is 0 Å². The molecule has 0 amide bonds. The SMILES string of the molecule is O=CC[C@@H](c1ccccc1)C(c1ccccc1)C1CC1. The van der Waals surface area contributed by atoms with Crippen LogP contribution in [0.3, 0.4) is 0 Å². The van der Waals surface area contributed by atoms with Crippen LogP contribution in [0.15, 0.2) is 60.7 Å². The highest BCUT2D eigenvalue weighted by Crippen LogP contribution is 2.50. The average molecular weight is 264 g/mol. The van der Waals surface area contributed by atoms with E-state index < -0.39 is 0 Å². The van der Waals surface area contributed by atoms with E-state index in [0.717, 1.165) is 12.2 Å². The van der Waals surface area contributed by atoms with Crippen molar-refractivity contribution in [2.45, 2.75) is 31.1 Å². The molecule has 1 aliphatic carbocycles. The highest BCUT2D eigenvalue weighted by molar-refractivity contribution is 5.53. The topological polar surface area (TPSA) is 17.1 Å². The zero-order chi connectivity index (χ0) is 13.8. The highest BCUT2D eigenvalue weighted by Gasteiger charge is 2.37. The van der Waals surface area contributed by atoms with Crippen LogP contribution in [0.1, 0.15) is 42.2 Å². The molecule has 1 saturated carbocycles. The minimum atomic E-state index is 0.309. The number of hydrogen-bond acceptors (Lipinski definition) is 1. The third kappa shape index (κ3) is 2.82. The van der Waals surface area contributed by atoms with Crippen molar-refractivity contribution in [3.63, 3.8) is 0 Å². The number of rotatable bonds is 6. The lowest BCUT2D eigenvalue weighted by atomic mass is 9.77. The van der Waals surface area contributed by atoms with Gasteiger partial charge >= 0.3 is 0 Å². The molecule has 0 saturated heterocycles. The third-order valence-corrected chi connectivity index (χ3v) is 4.33. The largest absolute Gasteiger partial charge is 0.303 e. The van der Waals surface area contributed by atoms with Crippen molar-refractivity contribution in [3.8, 4) is 0 Å². The fourth-order valence-corrected chi connectivity index (χ4v) is 3.26. The molecule has 1 unspecified atom stereocenters. The summed E-state index contributed by atoms with van der Waals surface area (Å²) < 4.78 is 0. The van der Waals surface area contributed by atoms with Gasteiger partial charge in [-0.2, -0.15) is 0 Å². The van der Waals surface area contributed by atoms with Gasteiger partial charge in [0.15, 0.2) is 0 Å². The van der Waals surface area contributed by atoms with Crippen molar-refractivity contribution in [2.24, 2.45) is 5.92 Å². The molecule has 20 heavy (non-hydrogen) atoms. The number of carbonyl (C=O) groups is 1. The number of hydrogen-bond donors (Lipinski definition) is 0. The van der Waals surface area contributed by atoms with Crippen LogP contribution in [0.2, 0.25) is 0 Å². The molecule has 1 heteroatoms. The number of aldehydes is 1. The lowest BCUT2D eigenvalue weighted by Crippen LogP contribution is -2.14. The maximum absolute atomic E-state index is 11.2. The maximum Gasteiger partial charge on any atom is 0.120 e. The molecule has 0 radical (unpaired) electrons. The van der Waals surface area contributed by atoms with Crippen molar-refractivity contribution in [1.82, 2.24) is 0 Å². The predicted octanol–water partition coefficient (Wildman–Crippen LogP) is 4.55. The Kier molecular flexibility index (Phi) is 3.96. The summed E-state index contributed by atoms with van der Waals surface area (Å²) in [5.74, 6) is 1.52. The van der Waals surface area contributed by atoms with E-state index in [9.17, 15) is 4.79 Å². The number of benzene rings is 2. The van der Waals surface area contributed by atoms with E-state index in [-0.39, 0.29) is 0 Å². The Balaban J connectivity index is 1.97. The van der Waals surface area contributed by atoms with Gasteiger partial charge in [0.25, 0.3) is 0 Å². The van der Waals surface area contributed by atoms with E-state index in [4.69, 9.17) is 0 Å². The van der Waals surface area contributed by atoms with Crippen LogP contribution in [-0.4, -0.2) is 6.29 Å². The Labute approximate surface area is 120 Å². The van der Waals surface area contributed by atoms with Crippen molar-refractivity contribution in [1.29, 1.82) is 0 Å². The molecule has 0 heterocycles. The zero-order valence-electron chi connectivity index (χ0n) is 11.6. The lowest BCUT2D eigenvalue weighted by Gasteiger charge is -2.27. The average Bonchev–Trinajstić information content (AvgIpc) is 3.34. The Hall–Kier alpha value is -1.89. The molecule has 0 aliphatic heterocycles. The Bertz CT molecular complexity index is 542. The summed E-state index contributed by atoms with van der Waals surface area (Å²) in [6, 6.07) is 21.2. The van der Waals surface area contributed by atoms with Crippen molar-refractivity contribution in [2.75, 3.05) is 0 Å². The summed E-state index contributed by atoms with van der Waals surface area (Å²) in [5.41, 5.74) is 2.67. The first-order chi connectivity index (χ1) is 9.90. The second-order valence-electron chi connectivity index (χ2n) is 5.69. The Morgan fingerprint density at radius 1 is 0.900 bits per heavy atom. The van der Waals surface area contributed by atoms with Crippen LogP contribution in [0, 0.1) is 5.92 Å². The van der Waals surface area contributed by atoms with Crippen LogP contribution in [0.5, 0.6) is 0 Å². The monoisotopic (exact) mass is 264 g/mol. The molecule has 0 N–H and O–H groups in total. The molecule has 2 atom stereocenters. The molecule has 0 spiro atoms. The van der Waals surface area contributed by atoms with Gasteiger partial charge in [0, 0.05) is 6.42 Å². The predicted molar refractivity (Wildman–Crippen MR) is 81.8 cm³/mol. The number of carbonyl (C=O) groups excluding carboxylic acids is 1. The van der Waals surface area contributed by atoms with E-state index in [2.05, 4.69) is 54.6 Å². The summed E-state index contributed by atoms with van der Waals surface area (Å²) in [5, 5.41) is 0. The minimum absolute atomic E-state index is 0.309. The van der Waals surface area contributed by atoms with Gasteiger partial charge in [0.2, 0.25) is 0 Å². The van der Waals surface area contributed by atoms with Gasteiger partial charge in [-0.05, 0) is 41.7 Å². The van der Waals surface area contributed by atoms with Gasteiger partial charge in [0.05, 0.1) is 0 Å². The zero-order valence-corrected chi connectivity index (χ0v) is 11.6. The lowest BCUT2D eigenvalue weighted by molar-refractivity contribution is -0.108. The van der Waals surface area contributed by atoms with Crippen LogP contribution in [0.4, 0.5) is 0 Å². The van der Waals surface area contributed by atoms with Crippen LogP contribution in [0.25, 0.3) is 0 Å². The van der Waals surface area contributed by atoms with Gasteiger partial charge in [0.1, 0.15) is 6.29 Å². The van der Waals surface area contributed by atoms with E-state index in [1.807, 2.05) is 6.07 Å². The fraction of sp³-hybridized carbons (Fsp3) is 0.316. The molecule has 102 valence electrons. The first kappa shape index (κ1) is 13.1. The van der Waals surface area contributed by atoms with E-state index in [1.54, 1.807) is 0 Å². The van der Waals surface area contributed by atoms with Crippen molar-refractivity contribution in [3.05, 3.63) is 71.8 Å². The molecule has 3 rings (SSSR count). The summed E-state index contributed by atoms with van der Waals surface area (Å²) in [4.78, 5) is 11.2. The highest BCUT2D eigenvalue weighted by atomic mass is 16.1.